The van der Waals surface area contributed by atoms with E-state index in [2.05, 4.69) is 5.32 Å². The van der Waals surface area contributed by atoms with Gasteiger partial charge in [0.1, 0.15) is 5.82 Å². The maximum Gasteiger partial charge on any atom is 0.223 e. The third-order valence-electron chi connectivity index (χ3n) is 4.90. The van der Waals surface area contributed by atoms with Gasteiger partial charge < -0.3 is 10.4 Å². The van der Waals surface area contributed by atoms with E-state index in [1.165, 1.54) is 6.07 Å². The summed E-state index contributed by atoms with van der Waals surface area (Å²) in [6, 6.07) is 6.65. The molecule has 0 aromatic heterocycles. The number of hydrogen-bond acceptors (Lipinski definition) is 2. The fraction of sp³-hybridized carbons (Fsp3) is 0.588. The topological polar surface area (TPSA) is 49.3 Å². The van der Waals surface area contributed by atoms with Crippen molar-refractivity contribution in [3.05, 3.63) is 35.6 Å². The molecule has 1 fully saturated rings. The number of hydrogen-bond donors (Lipinski definition) is 2. The molecule has 1 aromatic rings. The molecule has 3 nitrogen and oxygen atoms in total. The van der Waals surface area contributed by atoms with Gasteiger partial charge in [0, 0.05) is 17.9 Å². The molecular formula is C17H24FNO2. The molecule has 0 spiro atoms. The Morgan fingerprint density at radius 1 is 1.38 bits per heavy atom. The summed E-state index contributed by atoms with van der Waals surface area (Å²) in [5.41, 5.74) is 0.398. The van der Waals surface area contributed by atoms with Gasteiger partial charge in [-0.15, -0.1) is 0 Å². The SMILES string of the molecule is CCC(CC)(CO)CNC(=O)C1CC1c1ccccc1F. The Morgan fingerprint density at radius 3 is 2.62 bits per heavy atom. The molecule has 1 amide bonds. The summed E-state index contributed by atoms with van der Waals surface area (Å²) in [6.45, 7) is 4.59. The van der Waals surface area contributed by atoms with Crippen LogP contribution in [0.1, 0.15) is 44.6 Å². The highest BCUT2D eigenvalue weighted by Crippen LogP contribution is 2.48. The van der Waals surface area contributed by atoms with Crippen LogP contribution < -0.4 is 5.32 Å². The molecule has 1 aliphatic carbocycles. The fourth-order valence-corrected chi connectivity index (χ4v) is 2.79. The third kappa shape index (κ3) is 3.43. The number of carbonyl (C=O) groups is 1. The fourth-order valence-electron chi connectivity index (χ4n) is 2.79. The number of rotatable bonds is 7. The number of nitrogens with one attached hydrogen (secondary N) is 1. The molecule has 0 aliphatic heterocycles. The van der Waals surface area contributed by atoms with E-state index < -0.39 is 0 Å². The van der Waals surface area contributed by atoms with Crippen molar-refractivity contribution in [3.8, 4) is 0 Å². The lowest BCUT2D eigenvalue weighted by Gasteiger charge is -2.29. The highest BCUT2D eigenvalue weighted by molar-refractivity contribution is 5.82. The van der Waals surface area contributed by atoms with Gasteiger partial charge in [0.15, 0.2) is 0 Å². The number of benzene rings is 1. The summed E-state index contributed by atoms with van der Waals surface area (Å²) in [5, 5.41) is 12.4. The molecule has 2 N–H and O–H groups in total. The minimum Gasteiger partial charge on any atom is -0.396 e. The molecule has 2 unspecified atom stereocenters. The van der Waals surface area contributed by atoms with Crippen LogP contribution in [-0.4, -0.2) is 24.2 Å². The number of carbonyl (C=O) groups excluding carboxylic acids is 1. The molecule has 0 saturated heterocycles. The summed E-state index contributed by atoms with van der Waals surface area (Å²) in [5.74, 6) is -0.391. The van der Waals surface area contributed by atoms with Crippen molar-refractivity contribution in [2.24, 2.45) is 11.3 Å². The Morgan fingerprint density at radius 2 is 2.05 bits per heavy atom. The van der Waals surface area contributed by atoms with E-state index in [4.69, 9.17) is 0 Å². The Kier molecular flexibility index (Phi) is 4.99. The number of amides is 1. The number of aliphatic hydroxyl groups is 1. The number of aliphatic hydroxyl groups excluding tert-OH is 1. The van der Waals surface area contributed by atoms with E-state index in [1.54, 1.807) is 18.2 Å². The second-order valence-corrected chi connectivity index (χ2v) is 6.05. The second kappa shape index (κ2) is 6.56. The molecule has 0 bridgehead atoms. The van der Waals surface area contributed by atoms with Crippen LogP contribution in [0.25, 0.3) is 0 Å². The monoisotopic (exact) mass is 293 g/mol. The first kappa shape index (κ1) is 16.0. The molecule has 2 atom stereocenters. The third-order valence-corrected chi connectivity index (χ3v) is 4.90. The van der Waals surface area contributed by atoms with Crippen LogP contribution in [0.3, 0.4) is 0 Å². The van der Waals surface area contributed by atoms with Crippen molar-refractivity contribution in [2.75, 3.05) is 13.2 Å². The molecule has 2 rings (SSSR count). The molecular weight excluding hydrogens is 269 g/mol. The van der Waals surface area contributed by atoms with Crippen molar-refractivity contribution in [2.45, 2.75) is 39.0 Å². The molecule has 4 heteroatoms. The minimum atomic E-state index is -0.238. The van der Waals surface area contributed by atoms with Crippen molar-refractivity contribution >= 4 is 5.91 Å². The molecule has 1 saturated carbocycles. The largest absolute Gasteiger partial charge is 0.396 e. The van der Waals surface area contributed by atoms with E-state index in [0.717, 1.165) is 12.8 Å². The first-order chi connectivity index (χ1) is 10.1. The molecule has 0 heterocycles. The van der Waals surface area contributed by atoms with Gasteiger partial charge >= 0.3 is 0 Å². The lowest BCUT2D eigenvalue weighted by atomic mass is 9.83. The van der Waals surface area contributed by atoms with Crippen LogP contribution in [0, 0.1) is 17.2 Å². The van der Waals surface area contributed by atoms with Crippen LogP contribution in [0.2, 0.25) is 0 Å². The van der Waals surface area contributed by atoms with Gasteiger partial charge in [0.05, 0.1) is 6.61 Å². The van der Waals surface area contributed by atoms with E-state index in [1.807, 2.05) is 13.8 Å². The van der Waals surface area contributed by atoms with Crippen LogP contribution in [0.5, 0.6) is 0 Å². The number of halogens is 1. The van der Waals surface area contributed by atoms with Gasteiger partial charge in [-0.25, -0.2) is 4.39 Å². The zero-order valence-electron chi connectivity index (χ0n) is 12.7. The van der Waals surface area contributed by atoms with Gasteiger partial charge in [-0.2, -0.15) is 0 Å². The van der Waals surface area contributed by atoms with Crippen molar-refractivity contribution < 1.29 is 14.3 Å². The summed E-state index contributed by atoms with van der Waals surface area (Å²) in [6.07, 6.45) is 2.35. The predicted molar refractivity (Wildman–Crippen MR) is 80.4 cm³/mol. The summed E-state index contributed by atoms with van der Waals surface area (Å²) in [7, 11) is 0. The lowest BCUT2D eigenvalue weighted by molar-refractivity contribution is -0.123. The van der Waals surface area contributed by atoms with Gasteiger partial charge in [-0.1, -0.05) is 32.0 Å². The quantitative estimate of drug-likeness (QED) is 0.812. The maximum atomic E-state index is 13.7. The molecule has 1 aliphatic rings. The van der Waals surface area contributed by atoms with E-state index >= 15 is 0 Å². The molecule has 116 valence electrons. The van der Waals surface area contributed by atoms with Gasteiger partial charge in [-0.3, -0.25) is 4.79 Å². The van der Waals surface area contributed by atoms with Crippen LogP contribution in [0.4, 0.5) is 4.39 Å². The summed E-state index contributed by atoms with van der Waals surface area (Å²) in [4.78, 5) is 12.2. The zero-order chi connectivity index (χ0) is 15.5. The molecule has 1 aromatic carbocycles. The predicted octanol–water partition coefficient (Wildman–Crippen LogP) is 2.84. The van der Waals surface area contributed by atoms with Crippen molar-refractivity contribution in [1.82, 2.24) is 5.32 Å². The normalized spacial score (nSPS) is 21.1. The first-order valence-corrected chi connectivity index (χ1v) is 7.70. The highest BCUT2D eigenvalue weighted by Gasteiger charge is 2.45. The Hall–Kier alpha value is -1.42. The van der Waals surface area contributed by atoms with E-state index in [-0.39, 0.29) is 35.6 Å². The first-order valence-electron chi connectivity index (χ1n) is 7.70. The van der Waals surface area contributed by atoms with Crippen LogP contribution >= 0.6 is 0 Å². The average molecular weight is 293 g/mol. The Labute approximate surface area is 125 Å². The second-order valence-electron chi connectivity index (χ2n) is 6.05. The minimum absolute atomic E-state index is 0.00187. The Balaban J connectivity index is 1.91. The highest BCUT2D eigenvalue weighted by atomic mass is 19.1. The van der Waals surface area contributed by atoms with Crippen LogP contribution in [0.15, 0.2) is 24.3 Å². The van der Waals surface area contributed by atoms with E-state index in [0.29, 0.717) is 18.5 Å². The summed E-state index contributed by atoms with van der Waals surface area (Å²) >= 11 is 0. The van der Waals surface area contributed by atoms with Crippen LogP contribution in [-0.2, 0) is 4.79 Å². The zero-order valence-corrected chi connectivity index (χ0v) is 12.7. The smallest absolute Gasteiger partial charge is 0.223 e. The average Bonchev–Trinajstić information content (AvgIpc) is 3.30. The Bertz CT molecular complexity index is 491. The molecule has 0 radical (unpaired) electrons. The standard InChI is InChI=1S/C17H24FNO2/c1-3-17(4-2,11-20)10-19-16(21)14-9-13(14)12-7-5-6-8-15(12)18/h5-8,13-14,20H,3-4,9-11H2,1-2H3,(H,19,21). The van der Waals surface area contributed by atoms with Gasteiger partial charge in [-0.05, 0) is 36.8 Å². The molecule has 21 heavy (non-hydrogen) atoms. The van der Waals surface area contributed by atoms with Crippen molar-refractivity contribution in [1.29, 1.82) is 0 Å². The maximum absolute atomic E-state index is 13.7. The van der Waals surface area contributed by atoms with E-state index in [9.17, 15) is 14.3 Å². The van der Waals surface area contributed by atoms with Gasteiger partial charge in [0.25, 0.3) is 0 Å². The lowest BCUT2D eigenvalue weighted by Crippen LogP contribution is -2.40. The van der Waals surface area contributed by atoms with Gasteiger partial charge in [0.2, 0.25) is 5.91 Å². The summed E-state index contributed by atoms with van der Waals surface area (Å²) < 4.78 is 13.7. The van der Waals surface area contributed by atoms with Crippen molar-refractivity contribution in [3.63, 3.8) is 0 Å².